The zero-order valence-electron chi connectivity index (χ0n) is 11.0. The van der Waals surface area contributed by atoms with Gasteiger partial charge in [-0.2, -0.15) is 10.4 Å². The lowest BCUT2D eigenvalue weighted by Crippen LogP contribution is -2.03. The van der Waals surface area contributed by atoms with Gasteiger partial charge in [0.25, 0.3) is 0 Å². The van der Waals surface area contributed by atoms with Crippen molar-refractivity contribution in [3.05, 3.63) is 54.1 Å². The lowest BCUT2D eigenvalue weighted by Gasteiger charge is -2.09. The van der Waals surface area contributed by atoms with Crippen LogP contribution < -0.4 is 5.32 Å². The highest BCUT2D eigenvalue weighted by atomic mass is 15.3. The van der Waals surface area contributed by atoms with Crippen LogP contribution in [0.25, 0.3) is 10.8 Å². The van der Waals surface area contributed by atoms with Crippen LogP contribution in [0.2, 0.25) is 0 Å². The van der Waals surface area contributed by atoms with Gasteiger partial charge in [-0.05, 0) is 12.1 Å². The summed E-state index contributed by atoms with van der Waals surface area (Å²) in [4.78, 5) is 4.18. The van der Waals surface area contributed by atoms with E-state index >= 15 is 0 Å². The molecule has 0 atom stereocenters. The summed E-state index contributed by atoms with van der Waals surface area (Å²) in [5.41, 5.74) is 1.66. The number of nitrogens with zero attached hydrogens (tertiary/aromatic N) is 4. The first-order valence-electron chi connectivity index (χ1n) is 6.28. The molecule has 0 saturated heterocycles. The molecule has 0 radical (unpaired) electrons. The summed E-state index contributed by atoms with van der Waals surface area (Å²) in [6.07, 6.45) is 1.67. The van der Waals surface area contributed by atoms with E-state index in [2.05, 4.69) is 21.5 Å². The first-order valence-corrected chi connectivity index (χ1v) is 6.28. The van der Waals surface area contributed by atoms with Crippen molar-refractivity contribution in [3.63, 3.8) is 0 Å². The fourth-order valence-corrected chi connectivity index (χ4v) is 2.19. The third-order valence-corrected chi connectivity index (χ3v) is 3.13. The van der Waals surface area contributed by atoms with Crippen LogP contribution in [0.5, 0.6) is 0 Å². The summed E-state index contributed by atoms with van der Waals surface area (Å²) in [7, 11) is 1.84. The molecule has 0 spiro atoms. The van der Waals surface area contributed by atoms with Gasteiger partial charge in [-0.15, -0.1) is 0 Å². The fourth-order valence-electron chi connectivity index (χ4n) is 2.19. The molecule has 0 aliphatic rings. The van der Waals surface area contributed by atoms with Gasteiger partial charge >= 0.3 is 0 Å². The summed E-state index contributed by atoms with van der Waals surface area (Å²) >= 11 is 0. The van der Waals surface area contributed by atoms with Gasteiger partial charge in [-0.3, -0.25) is 4.68 Å². The van der Waals surface area contributed by atoms with Gasteiger partial charge in [0.05, 0.1) is 18.2 Å². The maximum atomic E-state index is 9.14. The van der Waals surface area contributed by atoms with Gasteiger partial charge in [0.1, 0.15) is 6.33 Å². The molecule has 0 saturated carbocycles. The Kier molecular flexibility index (Phi) is 3.05. The minimum atomic E-state index is 0.552. The molecule has 3 aromatic rings. The highest BCUT2D eigenvalue weighted by Crippen LogP contribution is 2.26. The van der Waals surface area contributed by atoms with E-state index in [1.165, 1.54) is 0 Å². The van der Waals surface area contributed by atoms with E-state index in [0.29, 0.717) is 12.1 Å². The number of nitrogens with one attached hydrogen (secondary N) is 1. The van der Waals surface area contributed by atoms with Crippen LogP contribution in [-0.4, -0.2) is 14.8 Å². The Morgan fingerprint density at radius 3 is 2.70 bits per heavy atom. The average Bonchev–Trinajstić information content (AvgIpc) is 2.90. The molecule has 1 N–H and O–H groups in total. The van der Waals surface area contributed by atoms with Crippen LogP contribution in [0, 0.1) is 11.3 Å². The quantitative estimate of drug-likeness (QED) is 0.788. The number of fused-ring (bicyclic) bond motifs is 1. The van der Waals surface area contributed by atoms with Crippen molar-refractivity contribution in [2.75, 3.05) is 5.32 Å². The molecule has 5 heteroatoms. The topological polar surface area (TPSA) is 66.5 Å². The fraction of sp³-hybridized carbons (Fsp3) is 0.133. The summed E-state index contributed by atoms with van der Waals surface area (Å²) in [5, 5.41) is 18.7. The highest BCUT2D eigenvalue weighted by molar-refractivity contribution is 5.97. The standard InChI is InChI=1S/C15H13N5/c1-20-10-18-15(19-20)9-17-14-7-6-11(8-16)12-4-2-3-5-13(12)14/h2-7,10,17H,9H2,1H3. The second kappa shape index (κ2) is 5.02. The summed E-state index contributed by atoms with van der Waals surface area (Å²) in [6, 6.07) is 13.8. The largest absolute Gasteiger partial charge is 0.377 e. The van der Waals surface area contributed by atoms with Crippen molar-refractivity contribution in [1.29, 1.82) is 5.26 Å². The molecule has 0 aliphatic heterocycles. The Morgan fingerprint density at radius 2 is 2.00 bits per heavy atom. The molecule has 2 aromatic carbocycles. The van der Waals surface area contributed by atoms with E-state index in [1.807, 2.05) is 43.4 Å². The molecule has 5 nitrogen and oxygen atoms in total. The molecule has 1 aromatic heterocycles. The first-order chi connectivity index (χ1) is 9.78. The van der Waals surface area contributed by atoms with Gasteiger partial charge in [-0.25, -0.2) is 4.98 Å². The number of aromatic nitrogens is 3. The van der Waals surface area contributed by atoms with Crippen LogP contribution in [-0.2, 0) is 13.6 Å². The van der Waals surface area contributed by atoms with Gasteiger partial charge in [0, 0.05) is 23.5 Å². The zero-order chi connectivity index (χ0) is 13.9. The van der Waals surface area contributed by atoms with Crippen molar-refractivity contribution in [3.8, 4) is 6.07 Å². The molecule has 0 fully saturated rings. The van der Waals surface area contributed by atoms with E-state index < -0.39 is 0 Å². The Balaban J connectivity index is 1.94. The molecule has 98 valence electrons. The van der Waals surface area contributed by atoms with E-state index in [1.54, 1.807) is 11.0 Å². The first kappa shape index (κ1) is 12.2. The van der Waals surface area contributed by atoms with Crippen LogP contribution in [0.3, 0.4) is 0 Å². The maximum absolute atomic E-state index is 9.14. The van der Waals surface area contributed by atoms with Gasteiger partial charge in [0.15, 0.2) is 5.82 Å². The van der Waals surface area contributed by atoms with E-state index in [0.717, 1.165) is 22.3 Å². The molecular formula is C15H13N5. The van der Waals surface area contributed by atoms with Crippen molar-refractivity contribution in [1.82, 2.24) is 14.8 Å². The molecule has 3 rings (SSSR count). The Hall–Kier alpha value is -2.87. The van der Waals surface area contributed by atoms with Gasteiger partial charge in [0.2, 0.25) is 0 Å². The molecule has 0 aliphatic carbocycles. The van der Waals surface area contributed by atoms with Crippen LogP contribution in [0.4, 0.5) is 5.69 Å². The normalized spacial score (nSPS) is 10.4. The van der Waals surface area contributed by atoms with Crippen LogP contribution >= 0.6 is 0 Å². The average molecular weight is 263 g/mol. The maximum Gasteiger partial charge on any atom is 0.169 e. The Morgan fingerprint density at radius 1 is 1.20 bits per heavy atom. The van der Waals surface area contributed by atoms with Crippen molar-refractivity contribution < 1.29 is 0 Å². The van der Waals surface area contributed by atoms with Crippen LogP contribution in [0.1, 0.15) is 11.4 Å². The van der Waals surface area contributed by atoms with Crippen molar-refractivity contribution in [2.45, 2.75) is 6.54 Å². The predicted molar refractivity (Wildman–Crippen MR) is 77.0 cm³/mol. The number of anilines is 1. The number of hydrogen-bond donors (Lipinski definition) is 1. The minimum Gasteiger partial charge on any atom is -0.377 e. The smallest absolute Gasteiger partial charge is 0.169 e. The molecule has 0 amide bonds. The van der Waals surface area contributed by atoms with Gasteiger partial charge in [-0.1, -0.05) is 24.3 Å². The zero-order valence-corrected chi connectivity index (χ0v) is 11.0. The Bertz CT molecular complexity index is 797. The minimum absolute atomic E-state index is 0.552. The third kappa shape index (κ3) is 2.19. The lowest BCUT2D eigenvalue weighted by molar-refractivity contribution is 0.747. The second-order valence-electron chi connectivity index (χ2n) is 4.51. The third-order valence-electron chi connectivity index (χ3n) is 3.13. The number of nitriles is 1. The number of rotatable bonds is 3. The van der Waals surface area contributed by atoms with Crippen molar-refractivity contribution in [2.24, 2.45) is 7.05 Å². The highest BCUT2D eigenvalue weighted by Gasteiger charge is 2.06. The predicted octanol–water partition coefficient (Wildman–Crippen LogP) is 2.45. The second-order valence-corrected chi connectivity index (χ2v) is 4.51. The van der Waals surface area contributed by atoms with Crippen molar-refractivity contribution >= 4 is 16.5 Å². The molecule has 0 bridgehead atoms. The van der Waals surface area contributed by atoms with E-state index in [4.69, 9.17) is 5.26 Å². The number of hydrogen-bond acceptors (Lipinski definition) is 4. The van der Waals surface area contributed by atoms with Crippen LogP contribution in [0.15, 0.2) is 42.7 Å². The lowest BCUT2D eigenvalue weighted by atomic mass is 10.0. The molecule has 0 unspecified atom stereocenters. The Labute approximate surface area is 116 Å². The number of benzene rings is 2. The van der Waals surface area contributed by atoms with Gasteiger partial charge < -0.3 is 5.32 Å². The number of aryl methyl sites for hydroxylation is 1. The molecular weight excluding hydrogens is 250 g/mol. The summed E-state index contributed by atoms with van der Waals surface area (Å²) in [5.74, 6) is 0.737. The summed E-state index contributed by atoms with van der Waals surface area (Å²) < 4.78 is 1.67. The SMILES string of the molecule is Cn1cnc(CNc2ccc(C#N)c3ccccc23)n1. The summed E-state index contributed by atoms with van der Waals surface area (Å²) in [6.45, 7) is 0.552. The van der Waals surface area contributed by atoms with E-state index in [-0.39, 0.29) is 0 Å². The molecule has 20 heavy (non-hydrogen) atoms. The molecule has 1 heterocycles. The monoisotopic (exact) mass is 263 g/mol. The van der Waals surface area contributed by atoms with E-state index in [9.17, 15) is 0 Å².